The van der Waals surface area contributed by atoms with Crippen LogP contribution in [0.4, 0.5) is 0 Å². The highest BCUT2D eigenvalue weighted by molar-refractivity contribution is 7.92. The summed E-state index contributed by atoms with van der Waals surface area (Å²) in [4.78, 5) is 5.20. The summed E-state index contributed by atoms with van der Waals surface area (Å²) >= 11 is 1.31. The SMILES string of the molecule is CC1=CC=C(c2c(C)nc3sc(C(C)(C)O)nn23)CC1S(=O)(=O)CC(C)(C)O. The van der Waals surface area contributed by atoms with Gasteiger partial charge in [-0.1, -0.05) is 29.1 Å². The maximum Gasteiger partial charge on any atom is 0.213 e. The van der Waals surface area contributed by atoms with Gasteiger partial charge in [-0.3, -0.25) is 0 Å². The number of nitrogens with zero attached hydrogens (tertiary/aromatic N) is 3. The molecule has 2 aromatic heterocycles. The Morgan fingerprint density at radius 3 is 2.43 bits per heavy atom. The second-order valence-electron chi connectivity index (χ2n) is 8.62. The van der Waals surface area contributed by atoms with Crippen molar-refractivity contribution < 1.29 is 18.6 Å². The maximum atomic E-state index is 12.9. The van der Waals surface area contributed by atoms with Crippen molar-refractivity contribution in [2.24, 2.45) is 0 Å². The molecule has 0 spiro atoms. The third kappa shape index (κ3) is 4.07. The molecule has 1 atom stereocenters. The van der Waals surface area contributed by atoms with E-state index in [-0.39, 0.29) is 5.75 Å². The summed E-state index contributed by atoms with van der Waals surface area (Å²) < 4.78 is 27.5. The van der Waals surface area contributed by atoms with Crippen LogP contribution >= 0.6 is 11.3 Å². The van der Waals surface area contributed by atoms with Crippen LogP contribution in [0.15, 0.2) is 17.7 Å². The first-order valence-electron chi connectivity index (χ1n) is 9.10. The van der Waals surface area contributed by atoms with E-state index in [2.05, 4.69) is 10.1 Å². The highest BCUT2D eigenvalue weighted by Crippen LogP contribution is 2.35. The first-order chi connectivity index (χ1) is 12.7. The molecule has 0 fully saturated rings. The van der Waals surface area contributed by atoms with Crippen molar-refractivity contribution in [2.75, 3.05) is 5.75 Å². The van der Waals surface area contributed by atoms with Crippen molar-refractivity contribution in [3.8, 4) is 0 Å². The molecule has 0 amide bonds. The summed E-state index contributed by atoms with van der Waals surface area (Å²) in [5.74, 6) is -0.302. The molecule has 2 aromatic rings. The zero-order chi connectivity index (χ0) is 21.1. The molecule has 1 unspecified atom stereocenters. The van der Waals surface area contributed by atoms with Crippen molar-refractivity contribution in [1.82, 2.24) is 14.6 Å². The van der Waals surface area contributed by atoms with E-state index in [9.17, 15) is 18.6 Å². The predicted octanol–water partition coefficient (Wildman–Crippen LogP) is 2.61. The summed E-state index contributed by atoms with van der Waals surface area (Å²) in [6.45, 7) is 10.0. The summed E-state index contributed by atoms with van der Waals surface area (Å²) in [6.07, 6.45) is 4.02. The molecule has 7 nitrogen and oxygen atoms in total. The van der Waals surface area contributed by atoms with E-state index in [0.717, 1.165) is 22.5 Å². The monoisotopic (exact) mass is 425 g/mol. The predicted molar refractivity (Wildman–Crippen MR) is 111 cm³/mol. The van der Waals surface area contributed by atoms with Crippen molar-refractivity contribution in [2.45, 2.75) is 64.4 Å². The van der Waals surface area contributed by atoms with E-state index in [1.54, 1.807) is 25.3 Å². The summed E-state index contributed by atoms with van der Waals surface area (Å²) in [5.41, 5.74) is 0.728. The fourth-order valence-electron chi connectivity index (χ4n) is 3.41. The number of aryl methyl sites for hydroxylation is 1. The van der Waals surface area contributed by atoms with Crippen molar-refractivity contribution in [3.05, 3.63) is 34.1 Å². The quantitative estimate of drug-likeness (QED) is 0.763. The minimum absolute atomic E-state index is 0.296. The molecule has 0 radical (unpaired) electrons. The second-order valence-corrected chi connectivity index (χ2v) is 11.8. The van der Waals surface area contributed by atoms with Crippen LogP contribution in [0.1, 0.15) is 57.4 Å². The number of rotatable bonds is 5. The zero-order valence-corrected chi connectivity index (χ0v) is 18.6. The van der Waals surface area contributed by atoms with Crippen molar-refractivity contribution in [3.63, 3.8) is 0 Å². The van der Waals surface area contributed by atoms with Gasteiger partial charge in [-0.25, -0.2) is 17.9 Å². The fourth-order valence-corrected chi connectivity index (χ4v) is 6.62. The van der Waals surface area contributed by atoms with Crippen LogP contribution in [-0.2, 0) is 15.4 Å². The van der Waals surface area contributed by atoms with E-state index < -0.39 is 26.3 Å². The number of fused-ring (bicyclic) bond motifs is 1. The molecule has 0 aromatic carbocycles. The molecule has 9 heteroatoms. The van der Waals surface area contributed by atoms with E-state index in [1.165, 1.54) is 25.2 Å². The molecule has 154 valence electrons. The van der Waals surface area contributed by atoms with Crippen LogP contribution in [0, 0.1) is 6.92 Å². The van der Waals surface area contributed by atoms with E-state index in [1.807, 2.05) is 19.1 Å². The Morgan fingerprint density at radius 2 is 1.86 bits per heavy atom. The lowest BCUT2D eigenvalue weighted by Gasteiger charge is -2.26. The molecule has 3 rings (SSSR count). The Hall–Kier alpha value is -1.55. The summed E-state index contributed by atoms with van der Waals surface area (Å²) in [5, 5.41) is 24.6. The molecule has 0 bridgehead atoms. The molecular formula is C19H27N3O4S2. The number of aromatic nitrogens is 3. The van der Waals surface area contributed by atoms with Crippen LogP contribution in [0.25, 0.3) is 10.5 Å². The molecular weight excluding hydrogens is 398 g/mol. The van der Waals surface area contributed by atoms with Crippen LogP contribution in [0.5, 0.6) is 0 Å². The van der Waals surface area contributed by atoms with E-state index in [0.29, 0.717) is 16.4 Å². The number of sulfone groups is 1. The number of allylic oxidation sites excluding steroid dienone is 3. The lowest BCUT2D eigenvalue weighted by atomic mass is 9.96. The molecule has 0 aliphatic heterocycles. The number of aliphatic hydroxyl groups is 2. The summed E-state index contributed by atoms with van der Waals surface area (Å²) in [7, 11) is -3.54. The lowest BCUT2D eigenvalue weighted by Crippen LogP contribution is -2.37. The van der Waals surface area contributed by atoms with Crippen LogP contribution in [-0.4, -0.2) is 49.8 Å². The smallest absolute Gasteiger partial charge is 0.213 e. The normalized spacial score (nSPS) is 19.1. The second kappa shape index (κ2) is 6.76. The topological polar surface area (TPSA) is 105 Å². The largest absolute Gasteiger partial charge is 0.389 e. The van der Waals surface area contributed by atoms with Gasteiger partial charge < -0.3 is 10.2 Å². The third-order valence-electron chi connectivity index (χ3n) is 4.65. The van der Waals surface area contributed by atoms with Gasteiger partial charge >= 0.3 is 0 Å². The van der Waals surface area contributed by atoms with Crippen LogP contribution in [0.3, 0.4) is 0 Å². The standard InChI is InChI=1S/C19H27N3O4S2/c1-11-7-8-13(9-14(11)28(25,26)10-18(3,4)23)15-12(2)20-17-22(15)21-16(27-17)19(5,6)24/h7-8,14,23-24H,9-10H2,1-6H3. The van der Waals surface area contributed by atoms with Gasteiger partial charge in [0.25, 0.3) is 0 Å². The molecule has 0 saturated carbocycles. The Balaban J connectivity index is 2.03. The van der Waals surface area contributed by atoms with Gasteiger partial charge in [0.05, 0.1) is 28.0 Å². The maximum absolute atomic E-state index is 12.9. The Morgan fingerprint density at radius 1 is 1.21 bits per heavy atom. The first kappa shape index (κ1) is 21.2. The van der Waals surface area contributed by atoms with Crippen LogP contribution in [0.2, 0.25) is 0 Å². The minimum Gasteiger partial charge on any atom is -0.389 e. The van der Waals surface area contributed by atoms with Gasteiger partial charge in [-0.15, -0.1) is 0 Å². The van der Waals surface area contributed by atoms with Gasteiger partial charge in [-0.2, -0.15) is 5.10 Å². The van der Waals surface area contributed by atoms with Gasteiger partial charge in [-0.05, 0) is 53.5 Å². The van der Waals surface area contributed by atoms with Gasteiger partial charge in [0.1, 0.15) is 10.6 Å². The molecule has 1 aliphatic rings. The Labute approximate surface area is 169 Å². The number of imidazole rings is 1. The molecule has 0 saturated heterocycles. The van der Waals surface area contributed by atoms with E-state index in [4.69, 9.17) is 0 Å². The molecule has 2 N–H and O–H groups in total. The highest BCUT2D eigenvalue weighted by atomic mass is 32.2. The molecule has 1 aliphatic carbocycles. The average Bonchev–Trinajstić information content (AvgIpc) is 3.02. The third-order valence-corrected chi connectivity index (χ3v) is 8.39. The molecule has 2 heterocycles. The minimum atomic E-state index is -3.54. The van der Waals surface area contributed by atoms with Crippen molar-refractivity contribution in [1.29, 1.82) is 0 Å². The zero-order valence-electron chi connectivity index (χ0n) is 17.0. The Bertz CT molecular complexity index is 1080. The van der Waals surface area contributed by atoms with Gasteiger partial charge in [0.15, 0.2) is 9.84 Å². The van der Waals surface area contributed by atoms with Crippen molar-refractivity contribution >= 4 is 31.7 Å². The average molecular weight is 426 g/mol. The fraction of sp³-hybridized carbons (Fsp3) is 0.579. The first-order valence-corrected chi connectivity index (χ1v) is 11.6. The lowest BCUT2D eigenvalue weighted by molar-refractivity contribution is 0.0772. The van der Waals surface area contributed by atoms with Crippen LogP contribution < -0.4 is 0 Å². The number of hydrogen-bond acceptors (Lipinski definition) is 7. The number of hydrogen-bond donors (Lipinski definition) is 2. The highest BCUT2D eigenvalue weighted by Gasteiger charge is 2.35. The van der Waals surface area contributed by atoms with Gasteiger partial charge in [0.2, 0.25) is 4.96 Å². The molecule has 28 heavy (non-hydrogen) atoms. The Kier molecular flexibility index (Phi) is 5.11. The summed E-state index contributed by atoms with van der Waals surface area (Å²) in [6, 6.07) is 0. The van der Waals surface area contributed by atoms with Gasteiger partial charge in [0, 0.05) is 0 Å². The van der Waals surface area contributed by atoms with E-state index >= 15 is 0 Å².